The fourth-order valence-corrected chi connectivity index (χ4v) is 4.87. The van der Waals surface area contributed by atoms with Crippen molar-refractivity contribution in [2.45, 2.75) is 63.3 Å². The highest BCUT2D eigenvalue weighted by Gasteiger charge is 2.50. The Hall–Kier alpha value is -1.51. The van der Waals surface area contributed by atoms with E-state index >= 15 is 0 Å². The third-order valence-corrected chi connectivity index (χ3v) is 6.67. The van der Waals surface area contributed by atoms with E-state index in [1.54, 1.807) is 0 Å². The lowest BCUT2D eigenvalue weighted by molar-refractivity contribution is 0.0407. The number of nitrogens with one attached hydrogen (secondary N) is 1. The Morgan fingerprint density at radius 2 is 1.83 bits per heavy atom. The Morgan fingerprint density at radius 3 is 2.43 bits per heavy atom. The summed E-state index contributed by atoms with van der Waals surface area (Å²) in [7, 11) is 0. The van der Waals surface area contributed by atoms with Gasteiger partial charge in [0.1, 0.15) is 0 Å². The summed E-state index contributed by atoms with van der Waals surface area (Å²) in [6, 6.07) is 11.1. The molecule has 1 aliphatic heterocycles. The SMILES string of the molecule is CC1(CN2C(=O)NCC23CCC(c2ccccc2)CC3)CCC1. The van der Waals surface area contributed by atoms with E-state index in [4.69, 9.17) is 0 Å². The average molecular weight is 312 g/mol. The molecule has 2 saturated carbocycles. The minimum atomic E-state index is 0.0843. The molecule has 3 heteroatoms. The molecule has 1 aromatic carbocycles. The van der Waals surface area contributed by atoms with Crippen LogP contribution >= 0.6 is 0 Å². The highest BCUT2D eigenvalue weighted by Crippen LogP contribution is 2.47. The Labute approximate surface area is 139 Å². The average Bonchev–Trinajstić information content (AvgIpc) is 2.84. The van der Waals surface area contributed by atoms with E-state index in [1.807, 2.05) is 0 Å². The summed E-state index contributed by atoms with van der Waals surface area (Å²) in [6.07, 6.45) is 8.56. The van der Waals surface area contributed by atoms with Gasteiger partial charge in [-0.15, -0.1) is 0 Å². The molecular weight excluding hydrogens is 284 g/mol. The molecule has 1 aromatic rings. The van der Waals surface area contributed by atoms with E-state index in [0.717, 1.165) is 25.9 Å². The fourth-order valence-electron chi connectivity index (χ4n) is 4.87. The van der Waals surface area contributed by atoms with Crippen molar-refractivity contribution in [3.05, 3.63) is 35.9 Å². The van der Waals surface area contributed by atoms with Crippen LogP contribution in [0.4, 0.5) is 4.79 Å². The number of carbonyl (C=O) groups excluding carboxylic acids is 1. The van der Waals surface area contributed by atoms with Gasteiger partial charge in [0.05, 0.1) is 5.54 Å². The number of urea groups is 1. The molecule has 0 atom stereocenters. The Kier molecular flexibility index (Phi) is 3.62. The van der Waals surface area contributed by atoms with Crippen molar-refractivity contribution >= 4 is 6.03 Å². The van der Waals surface area contributed by atoms with E-state index in [9.17, 15) is 4.79 Å². The van der Waals surface area contributed by atoms with Gasteiger partial charge < -0.3 is 10.2 Å². The number of nitrogens with zero attached hydrogens (tertiary/aromatic N) is 1. The Morgan fingerprint density at radius 1 is 1.13 bits per heavy atom. The number of amides is 2. The molecular formula is C20H28N2O. The predicted molar refractivity (Wildman–Crippen MR) is 92.4 cm³/mol. The maximum absolute atomic E-state index is 12.4. The lowest BCUT2D eigenvalue weighted by atomic mass is 9.68. The zero-order valence-corrected chi connectivity index (χ0v) is 14.2. The van der Waals surface area contributed by atoms with Crippen molar-refractivity contribution in [3.8, 4) is 0 Å². The van der Waals surface area contributed by atoms with E-state index in [0.29, 0.717) is 11.3 Å². The summed E-state index contributed by atoms with van der Waals surface area (Å²) in [4.78, 5) is 14.6. The molecule has 3 nitrogen and oxygen atoms in total. The van der Waals surface area contributed by atoms with Crippen LogP contribution in [0.3, 0.4) is 0 Å². The lowest BCUT2D eigenvalue weighted by Gasteiger charge is -2.48. The summed E-state index contributed by atoms with van der Waals surface area (Å²) < 4.78 is 0. The van der Waals surface area contributed by atoms with Crippen molar-refractivity contribution in [2.24, 2.45) is 5.41 Å². The third kappa shape index (κ3) is 2.64. The molecule has 0 aromatic heterocycles. The standard InChI is InChI=1S/C20H28N2O/c1-19(10-5-11-19)15-22-18(23)21-14-20(22)12-8-17(9-13-20)16-6-3-2-4-7-16/h2-4,6-7,17H,5,8-15H2,1H3,(H,21,23). The van der Waals surface area contributed by atoms with Gasteiger partial charge in [0.25, 0.3) is 0 Å². The van der Waals surface area contributed by atoms with Gasteiger partial charge in [-0.25, -0.2) is 4.79 Å². The number of carbonyl (C=O) groups is 1. The summed E-state index contributed by atoms with van der Waals surface area (Å²) in [5, 5.41) is 3.14. The number of benzene rings is 1. The molecule has 1 saturated heterocycles. The van der Waals surface area contributed by atoms with Gasteiger partial charge in [0.15, 0.2) is 0 Å². The van der Waals surface area contributed by atoms with E-state index < -0.39 is 0 Å². The van der Waals surface area contributed by atoms with Gasteiger partial charge in [-0.1, -0.05) is 43.7 Å². The van der Waals surface area contributed by atoms with Crippen LogP contribution in [0.1, 0.15) is 63.4 Å². The monoisotopic (exact) mass is 312 g/mol. The topological polar surface area (TPSA) is 32.3 Å². The molecule has 1 N–H and O–H groups in total. The first-order chi connectivity index (χ1) is 11.1. The smallest absolute Gasteiger partial charge is 0.318 e. The zero-order valence-electron chi connectivity index (χ0n) is 14.2. The van der Waals surface area contributed by atoms with Gasteiger partial charge in [0.2, 0.25) is 0 Å². The normalized spacial score (nSPS) is 32.7. The van der Waals surface area contributed by atoms with Crippen LogP contribution in [0.2, 0.25) is 0 Å². The second-order valence-electron chi connectivity index (χ2n) is 8.32. The Bertz CT molecular complexity index is 571. The van der Waals surface area contributed by atoms with Crippen molar-refractivity contribution in [3.63, 3.8) is 0 Å². The van der Waals surface area contributed by atoms with Crippen molar-refractivity contribution in [1.29, 1.82) is 0 Å². The van der Waals surface area contributed by atoms with Crippen LogP contribution in [0.5, 0.6) is 0 Å². The molecule has 23 heavy (non-hydrogen) atoms. The summed E-state index contributed by atoms with van der Waals surface area (Å²) in [6.45, 7) is 4.16. The molecule has 124 valence electrons. The molecule has 0 bridgehead atoms. The van der Waals surface area contributed by atoms with Crippen LogP contribution in [-0.2, 0) is 0 Å². The van der Waals surface area contributed by atoms with Crippen molar-refractivity contribution in [2.75, 3.05) is 13.1 Å². The molecule has 1 spiro atoms. The van der Waals surface area contributed by atoms with Crippen LogP contribution < -0.4 is 5.32 Å². The largest absolute Gasteiger partial charge is 0.336 e. The molecule has 3 fully saturated rings. The van der Waals surface area contributed by atoms with Gasteiger partial charge in [-0.05, 0) is 55.4 Å². The van der Waals surface area contributed by atoms with Crippen LogP contribution in [0.25, 0.3) is 0 Å². The molecule has 4 rings (SSSR count). The number of hydrogen-bond donors (Lipinski definition) is 1. The van der Waals surface area contributed by atoms with Gasteiger partial charge in [-0.2, -0.15) is 0 Å². The first-order valence-corrected chi connectivity index (χ1v) is 9.21. The molecule has 1 heterocycles. The van der Waals surface area contributed by atoms with Crippen LogP contribution in [-0.4, -0.2) is 29.6 Å². The Balaban J connectivity index is 1.47. The number of rotatable bonds is 3. The van der Waals surface area contributed by atoms with Gasteiger partial charge >= 0.3 is 6.03 Å². The minimum Gasteiger partial charge on any atom is -0.336 e. The molecule has 3 aliphatic rings. The molecule has 0 radical (unpaired) electrons. The minimum absolute atomic E-state index is 0.0843. The highest BCUT2D eigenvalue weighted by molar-refractivity contribution is 5.78. The first kappa shape index (κ1) is 15.0. The summed E-state index contributed by atoms with van der Waals surface area (Å²) in [5.74, 6) is 0.665. The van der Waals surface area contributed by atoms with Gasteiger partial charge in [-0.3, -0.25) is 0 Å². The molecule has 2 amide bonds. The van der Waals surface area contributed by atoms with Crippen molar-refractivity contribution < 1.29 is 4.79 Å². The molecule has 2 aliphatic carbocycles. The van der Waals surface area contributed by atoms with Crippen molar-refractivity contribution in [1.82, 2.24) is 10.2 Å². The van der Waals surface area contributed by atoms with Crippen LogP contribution in [0, 0.1) is 5.41 Å². The lowest BCUT2D eigenvalue weighted by Crippen LogP contribution is -2.53. The van der Waals surface area contributed by atoms with E-state index in [1.165, 1.54) is 37.7 Å². The zero-order chi connectivity index (χ0) is 15.9. The first-order valence-electron chi connectivity index (χ1n) is 9.21. The van der Waals surface area contributed by atoms with Crippen LogP contribution in [0.15, 0.2) is 30.3 Å². The van der Waals surface area contributed by atoms with Gasteiger partial charge in [0, 0.05) is 13.1 Å². The maximum atomic E-state index is 12.4. The number of hydrogen-bond acceptors (Lipinski definition) is 1. The quantitative estimate of drug-likeness (QED) is 0.887. The third-order valence-electron chi connectivity index (χ3n) is 6.67. The maximum Gasteiger partial charge on any atom is 0.318 e. The second kappa shape index (κ2) is 5.54. The van der Waals surface area contributed by atoms with E-state index in [-0.39, 0.29) is 11.6 Å². The summed E-state index contributed by atoms with van der Waals surface area (Å²) in [5.41, 5.74) is 1.92. The second-order valence-corrected chi connectivity index (χ2v) is 8.32. The van der Waals surface area contributed by atoms with E-state index in [2.05, 4.69) is 47.5 Å². The molecule has 0 unspecified atom stereocenters. The predicted octanol–water partition coefficient (Wildman–Crippen LogP) is 4.30. The fraction of sp³-hybridized carbons (Fsp3) is 0.650. The summed E-state index contributed by atoms with van der Waals surface area (Å²) >= 11 is 0. The highest BCUT2D eigenvalue weighted by atomic mass is 16.2.